The van der Waals surface area contributed by atoms with Gasteiger partial charge in [-0.25, -0.2) is 4.98 Å². The van der Waals surface area contributed by atoms with E-state index in [2.05, 4.69) is 15.9 Å². The number of rotatable bonds is 3. The Morgan fingerprint density at radius 2 is 1.92 bits per heavy atom. The molecule has 2 unspecified atom stereocenters. The van der Waals surface area contributed by atoms with Crippen LogP contribution in [0.4, 0.5) is 0 Å². The van der Waals surface area contributed by atoms with Crippen LogP contribution in [-0.4, -0.2) is 52.5 Å². The van der Waals surface area contributed by atoms with E-state index in [0.717, 1.165) is 62.8 Å². The van der Waals surface area contributed by atoms with Crippen LogP contribution in [0.15, 0.2) is 12.1 Å². The van der Waals surface area contributed by atoms with Crippen molar-refractivity contribution in [2.24, 2.45) is 0 Å². The van der Waals surface area contributed by atoms with Gasteiger partial charge in [-0.1, -0.05) is 12.8 Å². The van der Waals surface area contributed by atoms with Crippen LogP contribution in [0.3, 0.4) is 0 Å². The van der Waals surface area contributed by atoms with E-state index in [1.54, 1.807) is 0 Å². The first-order valence-electron chi connectivity index (χ1n) is 10.5. The van der Waals surface area contributed by atoms with Crippen LogP contribution in [0.25, 0.3) is 0 Å². The molecule has 140 valence electrons. The molecule has 5 rings (SSSR count). The van der Waals surface area contributed by atoms with Crippen molar-refractivity contribution in [1.82, 2.24) is 14.8 Å². The number of carbonyl (C=O) groups is 1. The summed E-state index contributed by atoms with van der Waals surface area (Å²) in [6.07, 6.45) is 10.3. The molecule has 3 fully saturated rings. The van der Waals surface area contributed by atoms with Gasteiger partial charge in [-0.15, -0.1) is 0 Å². The highest BCUT2D eigenvalue weighted by molar-refractivity contribution is 5.77. The number of pyridine rings is 1. The van der Waals surface area contributed by atoms with E-state index >= 15 is 0 Å². The smallest absolute Gasteiger partial charge is 0.223 e. The second-order valence-electron chi connectivity index (χ2n) is 8.39. The highest BCUT2D eigenvalue weighted by Gasteiger charge is 2.34. The van der Waals surface area contributed by atoms with Crippen molar-refractivity contribution in [3.63, 3.8) is 0 Å². The molecule has 0 spiro atoms. The summed E-state index contributed by atoms with van der Waals surface area (Å²) in [7, 11) is 0. The Morgan fingerprint density at radius 1 is 1.00 bits per heavy atom. The molecule has 26 heavy (non-hydrogen) atoms. The third-order valence-corrected chi connectivity index (χ3v) is 6.80. The molecule has 5 heteroatoms. The zero-order valence-electron chi connectivity index (χ0n) is 15.5. The van der Waals surface area contributed by atoms with E-state index < -0.39 is 0 Å². The zero-order valence-corrected chi connectivity index (χ0v) is 15.5. The summed E-state index contributed by atoms with van der Waals surface area (Å²) in [6.45, 7) is 3.03. The summed E-state index contributed by atoms with van der Waals surface area (Å²) in [5.41, 5.74) is 2.40. The first-order valence-corrected chi connectivity index (χ1v) is 10.5. The van der Waals surface area contributed by atoms with Crippen LogP contribution in [0.1, 0.15) is 68.7 Å². The molecule has 2 atom stereocenters. The number of hydrogen-bond donors (Lipinski definition) is 0. The minimum atomic E-state index is 0.232. The van der Waals surface area contributed by atoms with Crippen molar-refractivity contribution in [3.8, 4) is 5.88 Å². The maximum Gasteiger partial charge on any atom is 0.223 e. The molecule has 0 N–H and O–H groups in total. The molecule has 1 aliphatic carbocycles. The second kappa shape index (κ2) is 6.84. The Morgan fingerprint density at radius 3 is 2.77 bits per heavy atom. The van der Waals surface area contributed by atoms with Gasteiger partial charge in [0, 0.05) is 44.6 Å². The first kappa shape index (κ1) is 16.5. The molecular weight excluding hydrogens is 326 g/mol. The van der Waals surface area contributed by atoms with E-state index in [9.17, 15) is 4.79 Å². The molecule has 0 aromatic carbocycles. The van der Waals surface area contributed by atoms with Gasteiger partial charge in [0.05, 0.1) is 11.7 Å². The van der Waals surface area contributed by atoms with Crippen LogP contribution in [-0.2, 0) is 11.2 Å². The third kappa shape index (κ3) is 3.00. The lowest BCUT2D eigenvalue weighted by molar-refractivity contribution is -0.133. The van der Waals surface area contributed by atoms with E-state index in [-0.39, 0.29) is 12.1 Å². The van der Waals surface area contributed by atoms with E-state index in [1.165, 1.54) is 31.4 Å². The Labute approximate surface area is 155 Å². The topological polar surface area (TPSA) is 45.7 Å². The number of carbonyl (C=O) groups excluding carboxylic acids is 1. The number of fused-ring (bicyclic) bond motifs is 3. The van der Waals surface area contributed by atoms with Crippen molar-refractivity contribution < 1.29 is 9.53 Å². The van der Waals surface area contributed by atoms with Gasteiger partial charge < -0.3 is 9.64 Å². The van der Waals surface area contributed by atoms with Crippen molar-refractivity contribution >= 4 is 5.91 Å². The summed E-state index contributed by atoms with van der Waals surface area (Å²) in [5.74, 6) is 1.10. The van der Waals surface area contributed by atoms with Crippen LogP contribution in [0.2, 0.25) is 0 Å². The molecule has 5 nitrogen and oxygen atoms in total. The molecule has 1 aromatic rings. The average molecular weight is 355 g/mol. The van der Waals surface area contributed by atoms with Crippen LogP contribution in [0.5, 0.6) is 5.88 Å². The summed E-state index contributed by atoms with van der Waals surface area (Å²) < 4.78 is 6.24. The third-order valence-electron chi connectivity index (χ3n) is 6.80. The van der Waals surface area contributed by atoms with Crippen LogP contribution in [0, 0.1) is 0 Å². The van der Waals surface area contributed by atoms with Gasteiger partial charge in [0.25, 0.3) is 0 Å². The van der Waals surface area contributed by atoms with Crippen molar-refractivity contribution in [2.45, 2.75) is 76.0 Å². The van der Waals surface area contributed by atoms with Crippen LogP contribution >= 0.6 is 0 Å². The summed E-state index contributed by atoms with van der Waals surface area (Å²) in [6, 6.07) is 5.24. The standard InChI is InChI=1S/C21H29N3O2/c25-21-7-2-1-6-19-17-8-9-20(22-18(17)11-13-24(19)21)26-16-10-12-23(14-16)15-4-3-5-15/h8-9,15-16,19H,1-7,10-14H2. The van der Waals surface area contributed by atoms with Gasteiger partial charge in [-0.3, -0.25) is 9.69 Å². The molecule has 4 aliphatic rings. The largest absolute Gasteiger partial charge is 0.473 e. The molecule has 4 heterocycles. The number of amides is 1. The van der Waals surface area contributed by atoms with Crippen molar-refractivity contribution in [3.05, 3.63) is 23.4 Å². The Bertz CT molecular complexity index is 688. The second-order valence-corrected chi connectivity index (χ2v) is 8.39. The maximum absolute atomic E-state index is 12.3. The van der Waals surface area contributed by atoms with Gasteiger partial charge in [0.15, 0.2) is 0 Å². The molecule has 3 aliphatic heterocycles. The summed E-state index contributed by atoms with van der Waals surface area (Å²) in [5, 5.41) is 0. The molecule has 1 saturated carbocycles. The highest BCUT2D eigenvalue weighted by atomic mass is 16.5. The van der Waals surface area contributed by atoms with Crippen molar-refractivity contribution in [2.75, 3.05) is 19.6 Å². The highest BCUT2D eigenvalue weighted by Crippen LogP contribution is 2.37. The Kier molecular flexibility index (Phi) is 4.35. The van der Waals surface area contributed by atoms with Crippen molar-refractivity contribution in [1.29, 1.82) is 0 Å². The minimum absolute atomic E-state index is 0.232. The molecule has 0 bridgehead atoms. The van der Waals surface area contributed by atoms with E-state index in [1.807, 2.05) is 6.07 Å². The molecule has 1 amide bonds. The minimum Gasteiger partial charge on any atom is -0.473 e. The van der Waals surface area contributed by atoms with Gasteiger partial charge in [-0.2, -0.15) is 0 Å². The van der Waals surface area contributed by atoms with Gasteiger partial charge in [-0.05, 0) is 43.7 Å². The molecular formula is C21H29N3O2. The van der Waals surface area contributed by atoms with Crippen LogP contribution < -0.4 is 4.74 Å². The van der Waals surface area contributed by atoms with Gasteiger partial charge >= 0.3 is 0 Å². The number of aromatic nitrogens is 1. The lowest BCUT2D eigenvalue weighted by Gasteiger charge is -2.36. The number of nitrogens with zero attached hydrogens (tertiary/aromatic N) is 3. The fourth-order valence-corrected chi connectivity index (χ4v) is 5.08. The SMILES string of the molecule is O=C1CCCCC2c3ccc(OC4CCN(C5CCC5)C4)nc3CCN12. The van der Waals surface area contributed by atoms with Gasteiger partial charge in [0.2, 0.25) is 11.8 Å². The van der Waals surface area contributed by atoms with E-state index in [0.29, 0.717) is 12.3 Å². The summed E-state index contributed by atoms with van der Waals surface area (Å²) >= 11 is 0. The maximum atomic E-state index is 12.3. The quantitative estimate of drug-likeness (QED) is 0.836. The molecule has 1 aromatic heterocycles. The number of hydrogen-bond acceptors (Lipinski definition) is 4. The molecule has 0 radical (unpaired) electrons. The van der Waals surface area contributed by atoms with E-state index in [4.69, 9.17) is 9.72 Å². The predicted octanol–water partition coefficient (Wildman–Crippen LogP) is 3.09. The Balaban J connectivity index is 1.28. The fourth-order valence-electron chi connectivity index (χ4n) is 5.08. The Hall–Kier alpha value is -1.62. The monoisotopic (exact) mass is 355 g/mol. The fraction of sp³-hybridized carbons (Fsp3) is 0.714. The predicted molar refractivity (Wildman–Crippen MR) is 99.1 cm³/mol. The number of ether oxygens (including phenoxy) is 1. The normalized spacial score (nSPS) is 29.7. The number of likely N-dealkylation sites (tertiary alicyclic amines) is 1. The lowest BCUT2D eigenvalue weighted by atomic mass is 9.92. The zero-order chi connectivity index (χ0) is 17.5. The first-order chi connectivity index (χ1) is 12.8. The summed E-state index contributed by atoms with van der Waals surface area (Å²) in [4.78, 5) is 21.9. The molecule has 2 saturated heterocycles. The van der Waals surface area contributed by atoms with Gasteiger partial charge in [0.1, 0.15) is 6.10 Å². The lowest BCUT2D eigenvalue weighted by Crippen LogP contribution is -2.39. The average Bonchev–Trinajstić information content (AvgIpc) is 2.95.